The molecule has 1 unspecified atom stereocenters. The molecule has 0 aromatic heterocycles. The Hall–Kier alpha value is -2.45. The second kappa shape index (κ2) is 8.70. The third-order valence-electron chi connectivity index (χ3n) is 4.48. The average molecular weight is 405 g/mol. The molecule has 2 aromatic carbocycles. The summed E-state index contributed by atoms with van der Waals surface area (Å²) in [7, 11) is 1.86. The number of hydrogen-bond donors (Lipinski definition) is 1. The van der Waals surface area contributed by atoms with Gasteiger partial charge in [-0.3, -0.25) is 5.01 Å². The van der Waals surface area contributed by atoms with Gasteiger partial charge in [-0.05, 0) is 30.8 Å². The first-order valence-electron chi connectivity index (χ1n) is 8.84. The van der Waals surface area contributed by atoms with Gasteiger partial charge in [0.1, 0.15) is 33.6 Å². The molecular weight excluding hydrogens is 384 g/mol. The van der Waals surface area contributed by atoms with Gasteiger partial charge >= 0.3 is 0 Å². The van der Waals surface area contributed by atoms with Crippen LogP contribution in [0.25, 0.3) is 0 Å². The van der Waals surface area contributed by atoms with Gasteiger partial charge in [-0.25, -0.2) is 8.78 Å². The molecular formula is C20H21F2N3O2S. The zero-order chi connectivity index (χ0) is 20.1. The molecule has 0 saturated carbocycles. The van der Waals surface area contributed by atoms with E-state index in [1.165, 1.54) is 17.8 Å². The average Bonchev–Trinajstić information content (AvgIpc) is 3.02. The number of fused-ring (bicyclic) bond motifs is 2. The van der Waals surface area contributed by atoms with Gasteiger partial charge < -0.3 is 15.3 Å². The van der Waals surface area contributed by atoms with Gasteiger partial charge in [0.05, 0.1) is 6.61 Å². The van der Waals surface area contributed by atoms with Crippen LogP contribution in [0.15, 0.2) is 47.6 Å². The van der Waals surface area contributed by atoms with Gasteiger partial charge in [-0.2, -0.15) is 5.10 Å². The van der Waals surface area contributed by atoms with Crippen LogP contribution in [0, 0.1) is 11.6 Å². The largest absolute Gasteiger partial charge is 0.493 e. The van der Waals surface area contributed by atoms with Crippen molar-refractivity contribution in [2.75, 3.05) is 20.2 Å². The standard InChI is InChI=1S/C17H14F2N2OS.C3H7NO/c1-21-17(8-9-22-15-5-3-2-4-13(15)17)23-16(20-21)12-10-11(18)6-7-14(12)19;4-2-1-3-5/h2-7,10H,8-9H2,1H3;3H,1-2,4H2. The molecule has 0 aliphatic carbocycles. The molecule has 0 bridgehead atoms. The van der Waals surface area contributed by atoms with Crippen LogP contribution >= 0.6 is 11.8 Å². The number of halogens is 2. The number of hydrazone groups is 1. The van der Waals surface area contributed by atoms with Gasteiger partial charge in [0.25, 0.3) is 0 Å². The minimum atomic E-state index is -0.472. The van der Waals surface area contributed by atoms with Crippen molar-refractivity contribution in [2.45, 2.75) is 17.7 Å². The molecule has 2 aliphatic rings. The number of hydrogen-bond acceptors (Lipinski definition) is 6. The molecule has 0 fully saturated rings. The van der Waals surface area contributed by atoms with Crippen LogP contribution in [0.1, 0.15) is 24.0 Å². The van der Waals surface area contributed by atoms with Gasteiger partial charge in [-0.15, -0.1) is 0 Å². The lowest BCUT2D eigenvalue weighted by Gasteiger charge is -2.39. The minimum absolute atomic E-state index is 0.197. The lowest BCUT2D eigenvalue weighted by atomic mass is 9.99. The van der Waals surface area contributed by atoms with E-state index in [9.17, 15) is 13.6 Å². The third-order valence-corrected chi connectivity index (χ3v) is 6.00. The SMILES string of the molecule is CN1N=C(c2cc(F)ccc2F)SC12CCOc1ccccc12.NCCC=O. The number of benzene rings is 2. The minimum Gasteiger partial charge on any atom is -0.493 e. The van der Waals surface area contributed by atoms with E-state index in [2.05, 4.69) is 5.10 Å². The maximum absolute atomic E-state index is 14.1. The lowest BCUT2D eigenvalue weighted by molar-refractivity contribution is -0.107. The number of thioether (sulfide) groups is 1. The molecule has 28 heavy (non-hydrogen) atoms. The Morgan fingerprint density at radius 2 is 2.11 bits per heavy atom. The van der Waals surface area contributed by atoms with E-state index in [4.69, 9.17) is 10.5 Å². The monoisotopic (exact) mass is 405 g/mol. The number of nitrogens with zero attached hydrogens (tertiary/aromatic N) is 2. The molecule has 2 aromatic rings. The highest BCUT2D eigenvalue weighted by atomic mass is 32.2. The highest BCUT2D eigenvalue weighted by Gasteiger charge is 2.47. The summed E-state index contributed by atoms with van der Waals surface area (Å²) < 4.78 is 33.3. The Bertz CT molecular complexity index is 894. The molecule has 5 nitrogen and oxygen atoms in total. The first-order valence-corrected chi connectivity index (χ1v) is 9.66. The number of carbonyl (C=O) groups excluding carboxylic acids is 1. The molecule has 1 atom stereocenters. The Balaban J connectivity index is 0.000000403. The Morgan fingerprint density at radius 1 is 1.32 bits per heavy atom. The number of ether oxygens (including phenoxy) is 1. The fraction of sp³-hybridized carbons (Fsp3) is 0.300. The maximum Gasteiger partial charge on any atom is 0.140 e. The second-order valence-corrected chi connectivity index (χ2v) is 7.54. The van der Waals surface area contributed by atoms with Crippen LogP contribution in [-0.4, -0.2) is 36.5 Å². The summed E-state index contributed by atoms with van der Waals surface area (Å²) in [5, 5.41) is 6.81. The van der Waals surface area contributed by atoms with Crippen LogP contribution in [-0.2, 0) is 9.67 Å². The lowest BCUT2D eigenvalue weighted by Crippen LogP contribution is -2.39. The van der Waals surface area contributed by atoms with E-state index >= 15 is 0 Å². The van der Waals surface area contributed by atoms with Crippen molar-refractivity contribution in [3.63, 3.8) is 0 Å². The van der Waals surface area contributed by atoms with Crippen LogP contribution in [0.3, 0.4) is 0 Å². The number of carbonyl (C=O) groups is 1. The summed E-state index contributed by atoms with van der Waals surface area (Å²) in [5.74, 6) is -0.126. The van der Waals surface area contributed by atoms with Crippen molar-refractivity contribution >= 4 is 23.1 Å². The van der Waals surface area contributed by atoms with E-state index in [1.54, 1.807) is 0 Å². The summed E-state index contributed by atoms with van der Waals surface area (Å²) in [4.78, 5) is 8.88. The Morgan fingerprint density at radius 3 is 2.82 bits per heavy atom. The normalized spacial score (nSPS) is 20.0. The summed E-state index contributed by atoms with van der Waals surface area (Å²) in [6, 6.07) is 11.2. The van der Waals surface area contributed by atoms with E-state index < -0.39 is 16.5 Å². The zero-order valence-electron chi connectivity index (χ0n) is 15.4. The number of nitrogens with two attached hydrogens (primary N) is 1. The number of para-hydroxylation sites is 1. The zero-order valence-corrected chi connectivity index (χ0v) is 16.2. The first-order chi connectivity index (χ1) is 13.5. The van der Waals surface area contributed by atoms with Crippen molar-refractivity contribution in [1.29, 1.82) is 0 Å². The first kappa shape index (κ1) is 20.3. The van der Waals surface area contributed by atoms with Gasteiger partial charge in [0.2, 0.25) is 0 Å². The fourth-order valence-electron chi connectivity index (χ4n) is 3.09. The highest BCUT2D eigenvalue weighted by Crippen LogP contribution is 2.53. The van der Waals surface area contributed by atoms with Gasteiger partial charge in [0.15, 0.2) is 0 Å². The van der Waals surface area contributed by atoms with Crippen molar-refractivity contribution in [3.8, 4) is 5.75 Å². The molecule has 1 spiro atoms. The molecule has 0 radical (unpaired) electrons. The van der Waals surface area contributed by atoms with E-state index in [0.29, 0.717) is 24.6 Å². The summed E-state index contributed by atoms with van der Waals surface area (Å²) >= 11 is 1.45. The predicted molar refractivity (Wildman–Crippen MR) is 106 cm³/mol. The fourth-order valence-corrected chi connectivity index (χ4v) is 4.48. The summed E-state index contributed by atoms with van der Waals surface area (Å²) in [6.07, 6.45) is 2.01. The van der Waals surface area contributed by atoms with E-state index in [0.717, 1.165) is 36.2 Å². The highest BCUT2D eigenvalue weighted by molar-refractivity contribution is 8.15. The Kier molecular flexibility index (Phi) is 6.31. The molecule has 148 valence electrons. The van der Waals surface area contributed by atoms with Gasteiger partial charge in [0, 0.05) is 31.0 Å². The second-order valence-electron chi connectivity index (χ2n) is 6.28. The molecule has 2 aliphatic heterocycles. The number of rotatable bonds is 3. The summed E-state index contributed by atoms with van der Waals surface area (Å²) in [5.41, 5.74) is 6.11. The topological polar surface area (TPSA) is 67.9 Å². The molecule has 8 heteroatoms. The number of aldehydes is 1. The van der Waals surface area contributed by atoms with Crippen molar-refractivity contribution in [1.82, 2.24) is 5.01 Å². The van der Waals surface area contributed by atoms with Crippen LogP contribution < -0.4 is 10.5 Å². The molecule has 2 N–H and O–H groups in total. The van der Waals surface area contributed by atoms with E-state index in [-0.39, 0.29) is 5.56 Å². The molecule has 0 amide bonds. The molecule has 4 rings (SSSR count). The van der Waals surface area contributed by atoms with Crippen LogP contribution in [0.2, 0.25) is 0 Å². The smallest absolute Gasteiger partial charge is 0.140 e. The van der Waals surface area contributed by atoms with Gasteiger partial charge in [-0.1, -0.05) is 30.0 Å². The quantitative estimate of drug-likeness (QED) is 0.792. The summed E-state index contributed by atoms with van der Waals surface area (Å²) in [6.45, 7) is 1.03. The maximum atomic E-state index is 14.1. The molecule has 2 heterocycles. The van der Waals surface area contributed by atoms with Crippen molar-refractivity contribution < 1.29 is 18.3 Å². The van der Waals surface area contributed by atoms with E-state index in [1.807, 2.05) is 36.3 Å². The predicted octanol–water partition coefficient (Wildman–Crippen LogP) is 3.47. The van der Waals surface area contributed by atoms with Crippen LogP contribution in [0.4, 0.5) is 8.78 Å². The van der Waals surface area contributed by atoms with Crippen molar-refractivity contribution in [3.05, 3.63) is 65.2 Å². The van der Waals surface area contributed by atoms with Crippen LogP contribution in [0.5, 0.6) is 5.75 Å². The Labute approximate surface area is 166 Å². The van der Waals surface area contributed by atoms with Crippen molar-refractivity contribution in [2.24, 2.45) is 10.8 Å². The third kappa shape index (κ3) is 3.88. The molecule has 0 saturated heterocycles.